The molecular formula is C21H19FN2O. The number of fused-ring (bicyclic) bond motifs is 1. The molecule has 1 N–H and O–H groups in total. The summed E-state index contributed by atoms with van der Waals surface area (Å²) >= 11 is 0. The molecule has 0 amide bonds. The van der Waals surface area contributed by atoms with E-state index in [2.05, 4.69) is 9.55 Å². The molecule has 2 atom stereocenters. The second kappa shape index (κ2) is 6.30. The third-order valence-corrected chi connectivity index (χ3v) is 4.89. The minimum Gasteiger partial charge on any atom is -0.388 e. The van der Waals surface area contributed by atoms with Gasteiger partial charge in [-0.2, -0.15) is 0 Å². The van der Waals surface area contributed by atoms with Gasteiger partial charge in [0.1, 0.15) is 5.82 Å². The highest BCUT2D eigenvalue weighted by Crippen LogP contribution is 2.45. The second-order valence-electron chi connectivity index (χ2n) is 6.41. The number of benzene rings is 2. The molecular weight excluding hydrogens is 315 g/mol. The predicted octanol–water partition coefficient (Wildman–Crippen LogP) is 4.63. The van der Waals surface area contributed by atoms with Gasteiger partial charge in [0, 0.05) is 6.42 Å². The van der Waals surface area contributed by atoms with Gasteiger partial charge in [0.25, 0.3) is 0 Å². The molecule has 0 aliphatic carbocycles. The van der Waals surface area contributed by atoms with Crippen LogP contribution in [0.3, 0.4) is 0 Å². The van der Waals surface area contributed by atoms with Crippen LogP contribution in [0.2, 0.25) is 0 Å². The number of aliphatic hydroxyl groups excluding tert-OH is 1. The first-order valence-electron chi connectivity index (χ1n) is 8.37. The number of hydrogen-bond acceptors (Lipinski definition) is 2. The van der Waals surface area contributed by atoms with Crippen molar-refractivity contribution in [1.29, 1.82) is 0 Å². The molecule has 126 valence electrons. The number of halogens is 1. The molecule has 1 aromatic heterocycles. The quantitative estimate of drug-likeness (QED) is 0.755. The molecule has 1 aliphatic heterocycles. The first-order valence-corrected chi connectivity index (χ1v) is 8.37. The second-order valence-corrected chi connectivity index (χ2v) is 6.41. The summed E-state index contributed by atoms with van der Waals surface area (Å²) in [5, 5.41) is 10.7. The van der Waals surface area contributed by atoms with E-state index in [4.69, 9.17) is 0 Å². The molecule has 0 saturated heterocycles. The van der Waals surface area contributed by atoms with E-state index in [0.29, 0.717) is 6.42 Å². The molecule has 1 aliphatic rings. The monoisotopic (exact) mass is 334 g/mol. The molecule has 3 nitrogen and oxygen atoms in total. The van der Waals surface area contributed by atoms with E-state index in [9.17, 15) is 9.50 Å². The zero-order chi connectivity index (χ0) is 17.4. The summed E-state index contributed by atoms with van der Waals surface area (Å²) in [5.74, 6) is -0.255. The van der Waals surface area contributed by atoms with E-state index in [-0.39, 0.29) is 11.9 Å². The number of allylic oxidation sites excluding steroid dienone is 2. The molecule has 2 unspecified atom stereocenters. The lowest BCUT2D eigenvalue weighted by atomic mass is 9.91. The van der Waals surface area contributed by atoms with Gasteiger partial charge >= 0.3 is 0 Å². The highest BCUT2D eigenvalue weighted by atomic mass is 19.1. The van der Waals surface area contributed by atoms with Crippen molar-refractivity contribution in [1.82, 2.24) is 9.55 Å². The van der Waals surface area contributed by atoms with E-state index in [0.717, 1.165) is 28.0 Å². The summed E-state index contributed by atoms with van der Waals surface area (Å²) < 4.78 is 15.8. The number of imidazole rings is 1. The molecule has 0 saturated carbocycles. The van der Waals surface area contributed by atoms with Crippen molar-refractivity contribution >= 4 is 11.1 Å². The summed E-state index contributed by atoms with van der Waals surface area (Å²) in [4.78, 5) is 4.24. The van der Waals surface area contributed by atoms with Crippen molar-refractivity contribution in [2.45, 2.75) is 25.5 Å². The Morgan fingerprint density at radius 2 is 1.96 bits per heavy atom. The van der Waals surface area contributed by atoms with Crippen molar-refractivity contribution in [2.75, 3.05) is 0 Å². The maximum absolute atomic E-state index is 13.8. The lowest BCUT2D eigenvalue weighted by Gasteiger charge is -2.22. The smallest absolute Gasteiger partial charge is 0.123 e. The number of aromatic nitrogens is 2. The Labute approximate surface area is 146 Å². The molecule has 2 aromatic carbocycles. The average molecular weight is 334 g/mol. The number of aliphatic hydroxyl groups is 1. The maximum atomic E-state index is 13.8. The number of rotatable bonds is 4. The molecule has 0 fully saturated rings. The molecule has 0 radical (unpaired) electrons. The van der Waals surface area contributed by atoms with Crippen LogP contribution in [-0.4, -0.2) is 14.7 Å². The molecule has 25 heavy (non-hydrogen) atoms. The highest BCUT2D eigenvalue weighted by molar-refractivity contribution is 5.93. The normalized spacial score (nSPS) is 17.6. The summed E-state index contributed by atoms with van der Waals surface area (Å²) in [6, 6.07) is 16.2. The average Bonchev–Trinajstić information content (AvgIpc) is 3.19. The summed E-state index contributed by atoms with van der Waals surface area (Å²) in [5.41, 5.74) is 4.88. The van der Waals surface area contributed by atoms with Gasteiger partial charge in [0.15, 0.2) is 0 Å². The van der Waals surface area contributed by atoms with Gasteiger partial charge in [-0.3, -0.25) is 0 Å². The molecule has 0 spiro atoms. The van der Waals surface area contributed by atoms with Crippen LogP contribution in [-0.2, 0) is 0 Å². The van der Waals surface area contributed by atoms with Crippen LogP contribution >= 0.6 is 0 Å². The zero-order valence-corrected chi connectivity index (χ0v) is 13.9. The van der Waals surface area contributed by atoms with E-state index < -0.39 is 6.10 Å². The predicted molar refractivity (Wildman–Crippen MR) is 96.2 cm³/mol. The van der Waals surface area contributed by atoms with E-state index in [1.165, 1.54) is 6.07 Å². The highest BCUT2D eigenvalue weighted by Gasteiger charge is 2.31. The Hall–Kier alpha value is -2.72. The number of nitrogens with zero attached hydrogens (tertiary/aromatic N) is 2. The van der Waals surface area contributed by atoms with E-state index in [1.807, 2.05) is 49.5 Å². The SMILES string of the molecule is CC1=C(c2cccc(F)c2)C(CC(O)c2ccccc2)n2cncc21. The van der Waals surface area contributed by atoms with Gasteiger partial charge < -0.3 is 9.67 Å². The van der Waals surface area contributed by atoms with Crippen molar-refractivity contribution in [3.8, 4) is 0 Å². The molecule has 0 bridgehead atoms. The van der Waals surface area contributed by atoms with E-state index in [1.54, 1.807) is 18.5 Å². The Morgan fingerprint density at radius 3 is 2.72 bits per heavy atom. The van der Waals surface area contributed by atoms with Crippen LogP contribution in [0.4, 0.5) is 4.39 Å². The summed E-state index contributed by atoms with van der Waals surface area (Å²) in [6.07, 6.45) is 3.52. The molecule has 4 heteroatoms. The van der Waals surface area contributed by atoms with Gasteiger partial charge in [-0.15, -0.1) is 0 Å². The zero-order valence-electron chi connectivity index (χ0n) is 13.9. The first kappa shape index (κ1) is 15.8. The van der Waals surface area contributed by atoms with Gasteiger partial charge in [-0.1, -0.05) is 42.5 Å². The Bertz CT molecular complexity index is 930. The van der Waals surface area contributed by atoms with Crippen molar-refractivity contribution in [2.24, 2.45) is 0 Å². The molecule has 2 heterocycles. The Balaban J connectivity index is 1.74. The molecule has 4 rings (SSSR count). The molecule has 3 aromatic rings. The number of hydrogen-bond donors (Lipinski definition) is 1. The van der Waals surface area contributed by atoms with Crippen LogP contribution in [0.1, 0.15) is 42.3 Å². The van der Waals surface area contributed by atoms with Crippen LogP contribution < -0.4 is 0 Å². The topological polar surface area (TPSA) is 38.0 Å². The van der Waals surface area contributed by atoms with Crippen molar-refractivity contribution in [3.63, 3.8) is 0 Å². The Morgan fingerprint density at radius 1 is 1.16 bits per heavy atom. The van der Waals surface area contributed by atoms with Crippen LogP contribution in [0.15, 0.2) is 67.1 Å². The third-order valence-electron chi connectivity index (χ3n) is 4.89. The minimum atomic E-state index is -0.601. The Kier molecular flexibility index (Phi) is 3.98. The fourth-order valence-corrected chi connectivity index (χ4v) is 3.69. The lowest BCUT2D eigenvalue weighted by Crippen LogP contribution is -2.12. The first-order chi connectivity index (χ1) is 12.1. The fraction of sp³-hybridized carbons (Fsp3) is 0.190. The van der Waals surface area contributed by atoms with Gasteiger partial charge in [0.05, 0.1) is 30.4 Å². The maximum Gasteiger partial charge on any atom is 0.123 e. The standard InChI is InChI=1S/C21H19FN2O/c1-14-19-12-23-13-24(19)18(11-20(25)15-6-3-2-4-7-15)21(14)16-8-5-9-17(22)10-16/h2-10,12-13,18,20,25H,11H2,1H3. The van der Waals surface area contributed by atoms with Crippen LogP contribution in [0.5, 0.6) is 0 Å². The lowest BCUT2D eigenvalue weighted by molar-refractivity contribution is 0.156. The van der Waals surface area contributed by atoms with Gasteiger partial charge in [0.2, 0.25) is 0 Å². The van der Waals surface area contributed by atoms with Gasteiger partial charge in [-0.25, -0.2) is 9.37 Å². The third kappa shape index (κ3) is 2.79. The van der Waals surface area contributed by atoms with Crippen LogP contribution in [0, 0.1) is 5.82 Å². The largest absolute Gasteiger partial charge is 0.388 e. The van der Waals surface area contributed by atoms with Gasteiger partial charge in [-0.05, 0) is 41.3 Å². The summed E-state index contributed by atoms with van der Waals surface area (Å²) in [7, 11) is 0. The van der Waals surface area contributed by atoms with Crippen LogP contribution in [0.25, 0.3) is 11.1 Å². The fourth-order valence-electron chi connectivity index (χ4n) is 3.69. The van der Waals surface area contributed by atoms with E-state index >= 15 is 0 Å². The van der Waals surface area contributed by atoms with Crippen molar-refractivity contribution < 1.29 is 9.50 Å². The van der Waals surface area contributed by atoms with Crippen molar-refractivity contribution in [3.05, 3.63) is 89.8 Å². The minimum absolute atomic E-state index is 0.0745. The summed E-state index contributed by atoms with van der Waals surface area (Å²) in [6.45, 7) is 2.03.